The average molecular weight is 267 g/mol. The van der Waals surface area contributed by atoms with Gasteiger partial charge >= 0.3 is 0 Å². The molecule has 0 bridgehead atoms. The lowest BCUT2D eigenvalue weighted by Crippen LogP contribution is -2.10. The molecule has 0 saturated heterocycles. The van der Waals surface area contributed by atoms with Gasteiger partial charge in [-0.05, 0) is 20.8 Å². The predicted octanol–water partition coefficient (Wildman–Crippen LogP) is 1.76. The number of nitrogens with zero attached hydrogens (tertiary/aromatic N) is 2. The highest BCUT2D eigenvalue weighted by Gasteiger charge is 2.20. The number of ether oxygens (including phenoxy) is 1. The first kappa shape index (κ1) is 13.5. The zero-order valence-corrected chi connectivity index (χ0v) is 11.0. The van der Waals surface area contributed by atoms with Crippen LogP contribution >= 0.6 is 10.7 Å². The van der Waals surface area contributed by atoms with E-state index >= 15 is 0 Å². The normalized spacial score (nSPS) is 12.3. The summed E-state index contributed by atoms with van der Waals surface area (Å²) in [6, 6.07) is 0. The standard InChI is InChI=1S/C9H15ClN2O3S/c1-4-12-8(6-15-7(2)3)9(5-11-12)16(10,13)14/h5,7H,4,6H2,1-3H3. The van der Waals surface area contributed by atoms with Gasteiger partial charge in [0.1, 0.15) is 4.90 Å². The minimum absolute atomic E-state index is 0.0195. The molecule has 5 nitrogen and oxygen atoms in total. The lowest BCUT2D eigenvalue weighted by molar-refractivity contribution is 0.0598. The summed E-state index contributed by atoms with van der Waals surface area (Å²) in [7, 11) is 1.55. The van der Waals surface area contributed by atoms with Crippen molar-refractivity contribution >= 4 is 19.7 Å². The summed E-state index contributed by atoms with van der Waals surface area (Å²) in [5.74, 6) is 0. The molecule has 0 amide bonds. The molecule has 16 heavy (non-hydrogen) atoms. The zero-order chi connectivity index (χ0) is 12.3. The van der Waals surface area contributed by atoms with Crippen LogP contribution < -0.4 is 0 Å². The second kappa shape index (κ2) is 5.16. The predicted molar refractivity (Wildman–Crippen MR) is 60.9 cm³/mol. The maximum Gasteiger partial charge on any atom is 0.264 e. The molecule has 1 aromatic heterocycles. The quantitative estimate of drug-likeness (QED) is 0.762. The van der Waals surface area contributed by atoms with Gasteiger partial charge in [0.05, 0.1) is 24.6 Å². The van der Waals surface area contributed by atoms with E-state index in [1.54, 1.807) is 4.68 Å². The van der Waals surface area contributed by atoms with Crippen LogP contribution in [0, 0.1) is 0 Å². The molecule has 92 valence electrons. The van der Waals surface area contributed by atoms with Crippen molar-refractivity contribution < 1.29 is 13.2 Å². The maximum absolute atomic E-state index is 11.3. The van der Waals surface area contributed by atoms with E-state index < -0.39 is 9.05 Å². The molecule has 0 radical (unpaired) electrons. The van der Waals surface area contributed by atoms with E-state index in [2.05, 4.69) is 5.10 Å². The van der Waals surface area contributed by atoms with E-state index in [0.29, 0.717) is 12.2 Å². The fraction of sp³-hybridized carbons (Fsp3) is 0.667. The van der Waals surface area contributed by atoms with Crippen molar-refractivity contribution in [1.29, 1.82) is 0 Å². The van der Waals surface area contributed by atoms with E-state index in [1.807, 2.05) is 20.8 Å². The molecule has 0 unspecified atom stereocenters. The Kier molecular flexibility index (Phi) is 4.35. The Hall–Kier alpha value is -0.590. The second-order valence-corrected chi connectivity index (χ2v) is 6.10. The van der Waals surface area contributed by atoms with Crippen molar-refractivity contribution in [1.82, 2.24) is 9.78 Å². The number of halogens is 1. The Bertz CT molecular complexity index is 453. The van der Waals surface area contributed by atoms with Crippen molar-refractivity contribution in [2.24, 2.45) is 0 Å². The number of hydrogen-bond donors (Lipinski definition) is 0. The van der Waals surface area contributed by atoms with E-state index in [9.17, 15) is 8.42 Å². The molecule has 0 aromatic carbocycles. The van der Waals surface area contributed by atoms with E-state index in [1.165, 1.54) is 6.20 Å². The van der Waals surface area contributed by atoms with Crippen LogP contribution in [0.4, 0.5) is 0 Å². The van der Waals surface area contributed by atoms with Crippen molar-refractivity contribution in [3.8, 4) is 0 Å². The van der Waals surface area contributed by atoms with Gasteiger partial charge in [0.25, 0.3) is 9.05 Å². The summed E-state index contributed by atoms with van der Waals surface area (Å²) in [6.07, 6.45) is 1.27. The summed E-state index contributed by atoms with van der Waals surface area (Å²) in [5.41, 5.74) is 0.492. The Morgan fingerprint density at radius 2 is 2.19 bits per heavy atom. The number of rotatable bonds is 5. The van der Waals surface area contributed by atoms with Crippen molar-refractivity contribution in [2.45, 2.75) is 44.9 Å². The number of aryl methyl sites for hydroxylation is 1. The van der Waals surface area contributed by atoms with Crippen LogP contribution in [-0.4, -0.2) is 24.3 Å². The van der Waals surface area contributed by atoms with Crippen LogP contribution in [0.5, 0.6) is 0 Å². The molecule has 0 spiro atoms. The highest BCUT2D eigenvalue weighted by atomic mass is 35.7. The first-order valence-electron chi connectivity index (χ1n) is 4.97. The Morgan fingerprint density at radius 3 is 2.62 bits per heavy atom. The van der Waals surface area contributed by atoms with Crippen molar-refractivity contribution in [3.63, 3.8) is 0 Å². The molecule has 0 aliphatic carbocycles. The van der Waals surface area contributed by atoms with Crippen LogP contribution in [0.3, 0.4) is 0 Å². The Labute approximate surface area is 99.8 Å². The summed E-state index contributed by atoms with van der Waals surface area (Å²) in [5, 5.41) is 3.95. The zero-order valence-electron chi connectivity index (χ0n) is 9.47. The molecule has 0 atom stereocenters. The average Bonchev–Trinajstić information content (AvgIpc) is 2.56. The minimum Gasteiger partial charge on any atom is -0.372 e. The molecule has 0 saturated carbocycles. The summed E-state index contributed by atoms with van der Waals surface area (Å²) >= 11 is 0. The number of hydrogen-bond acceptors (Lipinski definition) is 4. The lowest BCUT2D eigenvalue weighted by atomic mass is 10.4. The van der Waals surface area contributed by atoms with E-state index in [4.69, 9.17) is 15.4 Å². The van der Waals surface area contributed by atoms with Gasteiger partial charge in [0.15, 0.2) is 0 Å². The third-order valence-electron chi connectivity index (χ3n) is 2.03. The van der Waals surface area contributed by atoms with Crippen molar-refractivity contribution in [3.05, 3.63) is 11.9 Å². The van der Waals surface area contributed by atoms with Crippen LogP contribution in [0.1, 0.15) is 26.5 Å². The third kappa shape index (κ3) is 3.20. The van der Waals surface area contributed by atoms with Gasteiger partial charge in [-0.25, -0.2) is 8.42 Å². The summed E-state index contributed by atoms with van der Waals surface area (Å²) in [4.78, 5) is 0.0247. The molecular weight excluding hydrogens is 252 g/mol. The second-order valence-electron chi connectivity index (χ2n) is 3.57. The van der Waals surface area contributed by atoms with Crippen LogP contribution in [-0.2, 0) is 26.9 Å². The van der Waals surface area contributed by atoms with E-state index in [0.717, 1.165) is 0 Å². The van der Waals surface area contributed by atoms with Crippen molar-refractivity contribution in [2.75, 3.05) is 0 Å². The lowest BCUT2D eigenvalue weighted by Gasteiger charge is -2.10. The molecule has 0 aliphatic heterocycles. The summed E-state index contributed by atoms with van der Waals surface area (Å²) in [6.45, 7) is 6.38. The van der Waals surface area contributed by atoms with Gasteiger partial charge in [-0.2, -0.15) is 5.10 Å². The van der Waals surface area contributed by atoms with E-state index in [-0.39, 0.29) is 17.6 Å². The summed E-state index contributed by atoms with van der Waals surface area (Å²) < 4.78 is 29.5. The largest absolute Gasteiger partial charge is 0.372 e. The molecule has 0 N–H and O–H groups in total. The molecule has 0 fully saturated rings. The monoisotopic (exact) mass is 266 g/mol. The van der Waals surface area contributed by atoms with Crippen LogP contribution in [0.15, 0.2) is 11.1 Å². The fourth-order valence-corrected chi connectivity index (χ4v) is 2.27. The SMILES string of the molecule is CCn1ncc(S(=O)(=O)Cl)c1COC(C)C. The molecular formula is C9H15ClN2O3S. The van der Waals surface area contributed by atoms with Gasteiger partial charge in [-0.3, -0.25) is 4.68 Å². The first-order valence-corrected chi connectivity index (χ1v) is 7.28. The molecule has 1 aromatic rings. The Morgan fingerprint density at radius 1 is 1.56 bits per heavy atom. The molecule has 0 aliphatic rings. The fourth-order valence-electron chi connectivity index (χ4n) is 1.26. The van der Waals surface area contributed by atoms with Crippen LogP contribution in [0.2, 0.25) is 0 Å². The number of aromatic nitrogens is 2. The Balaban J connectivity index is 3.07. The van der Waals surface area contributed by atoms with Crippen LogP contribution in [0.25, 0.3) is 0 Å². The topological polar surface area (TPSA) is 61.2 Å². The van der Waals surface area contributed by atoms with Gasteiger partial charge < -0.3 is 4.74 Å². The highest BCUT2D eigenvalue weighted by molar-refractivity contribution is 8.13. The molecule has 1 rings (SSSR count). The smallest absolute Gasteiger partial charge is 0.264 e. The van der Waals surface area contributed by atoms with Gasteiger partial charge in [-0.1, -0.05) is 0 Å². The first-order chi connectivity index (χ1) is 7.36. The van der Waals surface area contributed by atoms with Gasteiger partial charge in [0.2, 0.25) is 0 Å². The maximum atomic E-state index is 11.3. The molecule has 1 heterocycles. The third-order valence-corrected chi connectivity index (χ3v) is 3.39. The molecule has 7 heteroatoms. The highest BCUT2D eigenvalue weighted by Crippen LogP contribution is 2.20. The minimum atomic E-state index is -3.76. The van der Waals surface area contributed by atoms with Gasteiger partial charge in [0, 0.05) is 17.2 Å². The van der Waals surface area contributed by atoms with Gasteiger partial charge in [-0.15, -0.1) is 0 Å².